The highest BCUT2D eigenvalue weighted by Crippen LogP contribution is 2.11. The zero-order chi connectivity index (χ0) is 14.6. The van der Waals surface area contributed by atoms with E-state index >= 15 is 0 Å². The van der Waals surface area contributed by atoms with Crippen molar-refractivity contribution in [1.29, 1.82) is 0 Å². The highest BCUT2D eigenvalue weighted by atomic mass is 32.2. The SMILES string of the molecule is O=S(=O)(NCc1cccc(CO)c1)c1ncccc1F. The molecule has 0 fully saturated rings. The normalized spacial score (nSPS) is 11.5. The van der Waals surface area contributed by atoms with Crippen molar-refractivity contribution in [3.63, 3.8) is 0 Å². The molecule has 7 heteroatoms. The third-order valence-electron chi connectivity index (χ3n) is 2.62. The molecule has 0 aliphatic rings. The maximum atomic E-state index is 13.4. The zero-order valence-electron chi connectivity index (χ0n) is 10.5. The Labute approximate surface area is 116 Å². The third kappa shape index (κ3) is 3.38. The molecule has 0 spiro atoms. The van der Waals surface area contributed by atoms with Crippen molar-refractivity contribution in [3.05, 3.63) is 59.5 Å². The molecule has 0 bridgehead atoms. The Morgan fingerprint density at radius 3 is 2.65 bits per heavy atom. The number of aliphatic hydroxyl groups is 1. The topological polar surface area (TPSA) is 79.3 Å². The molecule has 0 amide bonds. The van der Waals surface area contributed by atoms with E-state index < -0.39 is 20.9 Å². The maximum Gasteiger partial charge on any atom is 0.261 e. The molecule has 0 radical (unpaired) electrons. The Hall–Kier alpha value is -1.83. The first kappa shape index (κ1) is 14.6. The van der Waals surface area contributed by atoms with E-state index in [9.17, 15) is 12.8 Å². The monoisotopic (exact) mass is 296 g/mol. The van der Waals surface area contributed by atoms with Crippen molar-refractivity contribution < 1.29 is 17.9 Å². The summed E-state index contributed by atoms with van der Waals surface area (Å²) >= 11 is 0. The average molecular weight is 296 g/mol. The standard InChI is InChI=1S/C13H13FN2O3S/c14-12-5-2-6-15-13(12)20(18,19)16-8-10-3-1-4-11(7-10)9-17/h1-7,16-17H,8-9H2. The summed E-state index contributed by atoms with van der Waals surface area (Å²) in [5.41, 5.74) is 1.34. The van der Waals surface area contributed by atoms with Gasteiger partial charge in [0.05, 0.1) is 6.61 Å². The van der Waals surface area contributed by atoms with E-state index in [4.69, 9.17) is 5.11 Å². The van der Waals surface area contributed by atoms with Gasteiger partial charge in [0, 0.05) is 12.7 Å². The number of hydrogen-bond donors (Lipinski definition) is 2. The number of pyridine rings is 1. The minimum atomic E-state index is -4.01. The van der Waals surface area contributed by atoms with E-state index in [-0.39, 0.29) is 13.2 Å². The number of aromatic nitrogens is 1. The second-order valence-electron chi connectivity index (χ2n) is 4.09. The number of nitrogens with zero attached hydrogens (tertiary/aromatic N) is 1. The minimum Gasteiger partial charge on any atom is -0.392 e. The summed E-state index contributed by atoms with van der Waals surface area (Å²) in [5, 5.41) is 8.38. The van der Waals surface area contributed by atoms with Crippen LogP contribution in [0, 0.1) is 5.82 Å². The summed E-state index contributed by atoms with van der Waals surface area (Å²) in [4.78, 5) is 3.53. The molecule has 1 heterocycles. The fourth-order valence-electron chi connectivity index (χ4n) is 1.65. The summed E-state index contributed by atoms with van der Waals surface area (Å²) < 4.78 is 39.5. The van der Waals surface area contributed by atoms with E-state index in [2.05, 4.69) is 9.71 Å². The summed E-state index contributed by atoms with van der Waals surface area (Å²) in [7, 11) is -4.01. The van der Waals surface area contributed by atoms with E-state index in [0.29, 0.717) is 11.1 Å². The summed E-state index contributed by atoms with van der Waals surface area (Å²) in [6, 6.07) is 9.15. The quantitative estimate of drug-likeness (QED) is 0.868. The number of halogens is 1. The first-order chi connectivity index (χ1) is 9.53. The maximum absolute atomic E-state index is 13.4. The smallest absolute Gasteiger partial charge is 0.261 e. The van der Waals surface area contributed by atoms with Crippen molar-refractivity contribution in [1.82, 2.24) is 9.71 Å². The number of benzene rings is 1. The predicted octanol–water partition coefficient (Wildman–Crippen LogP) is 1.19. The van der Waals surface area contributed by atoms with Crippen LogP contribution in [0.1, 0.15) is 11.1 Å². The number of hydrogen-bond acceptors (Lipinski definition) is 4. The Morgan fingerprint density at radius 1 is 1.20 bits per heavy atom. The number of sulfonamides is 1. The van der Waals surface area contributed by atoms with Gasteiger partial charge in [0.1, 0.15) is 0 Å². The van der Waals surface area contributed by atoms with Crippen molar-refractivity contribution in [2.75, 3.05) is 0 Å². The molecular formula is C13H13FN2O3S. The molecule has 0 aliphatic heterocycles. The molecule has 0 saturated carbocycles. The van der Waals surface area contributed by atoms with Gasteiger partial charge in [-0.2, -0.15) is 0 Å². The lowest BCUT2D eigenvalue weighted by molar-refractivity contribution is 0.281. The Kier molecular flexibility index (Phi) is 4.43. The van der Waals surface area contributed by atoms with Crippen LogP contribution in [0.3, 0.4) is 0 Å². The van der Waals surface area contributed by atoms with Gasteiger partial charge >= 0.3 is 0 Å². The van der Waals surface area contributed by atoms with Crippen LogP contribution in [-0.4, -0.2) is 18.5 Å². The van der Waals surface area contributed by atoms with Gasteiger partial charge in [0.15, 0.2) is 5.82 Å². The van der Waals surface area contributed by atoms with Crippen LogP contribution in [0.4, 0.5) is 4.39 Å². The van der Waals surface area contributed by atoms with Gasteiger partial charge in [-0.3, -0.25) is 0 Å². The lowest BCUT2D eigenvalue weighted by Crippen LogP contribution is -2.25. The highest BCUT2D eigenvalue weighted by molar-refractivity contribution is 7.89. The molecule has 1 aromatic heterocycles. The molecule has 2 rings (SSSR count). The highest BCUT2D eigenvalue weighted by Gasteiger charge is 2.19. The molecule has 0 aliphatic carbocycles. The molecule has 20 heavy (non-hydrogen) atoms. The van der Waals surface area contributed by atoms with E-state index in [1.165, 1.54) is 12.3 Å². The van der Waals surface area contributed by atoms with Crippen molar-refractivity contribution >= 4 is 10.0 Å². The Balaban J connectivity index is 2.15. The Morgan fingerprint density at radius 2 is 1.95 bits per heavy atom. The molecular weight excluding hydrogens is 283 g/mol. The van der Waals surface area contributed by atoms with Crippen LogP contribution in [-0.2, 0) is 23.2 Å². The van der Waals surface area contributed by atoms with Crippen molar-refractivity contribution in [2.45, 2.75) is 18.2 Å². The predicted molar refractivity (Wildman–Crippen MR) is 70.6 cm³/mol. The van der Waals surface area contributed by atoms with Crippen LogP contribution in [0.15, 0.2) is 47.6 Å². The zero-order valence-corrected chi connectivity index (χ0v) is 11.3. The van der Waals surface area contributed by atoms with Crippen LogP contribution in [0.5, 0.6) is 0 Å². The molecule has 2 aromatic rings. The van der Waals surface area contributed by atoms with Gasteiger partial charge < -0.3 is 5.11 Å². The molecule has 106 valence electrons. The minimum absolute atomic E-state index is 0.00775. The fourth-order valence-corrected chi connectivity index (χ4v) is 2.67. The van der Waals surface area contributed by atoms with Crippen molar-refractivity contribution in [3.8, 4) is 0 Å². The largest absolute Gasteiger partial charge is 0.392 e. The second-order valence-corrected chi connectivity index (χ2v) is 5.78. The number of rotatable bonds is 5. The molecule has 2 N–H and O–H groups in total. The second kappa shape index (κ2) is 6.08. The molecule has 0 unspecified atom stereocenters. The molecule has 0 saturated heterocycles. The molecule has 0 atom stereocenters. The molecule has 5 nitrogen and oxygen atoms in total. The van der Waals surface area contributed by atoms with E-state index in [1.54, 1.807) is 24.3 Å². The van der Waals surface area contributed by atoms with Gasteiger partial charge in [0.2, 0.25) is 5.03 Å². The van der Waals surface area contributed by atoms with Crippen LogP contribution < -0.4 is 4.72 Å². The van der Waals surface area contributed by atoms with Gasteiger partial charge in [-0.15, -0.1) is 0 Å². The number of nitrogens with one attached hydrogen (secondary N) is 1. The first-order valence-electron chi connectivity index (χ1n) is 5.82. The number of aliphatic hydroxyl groups excluding tert-OH is 1. The lowest BCUT2D eigenvalue weighted by atomic mass is 10.1. The Bertz CT molecular complexity index is 704. The van der Waals surface area contributed by atoms with Gasteiger partial charge in [-0.1, -0.05) is 24.3 Å². The first-order valence-corrected chi connectivity index (χ1v) is 7.30. The lowest BCUT2D eigenvalue weighted by Gasteiger charge is -2.07. The molecule has 1 aromatic carbocycles. The van der Waals surface area contributed by atoms with Crippen LogP contribution in [0.2, 0.25) is 0 Å². The van der Waals surface area contributed by atoms with Gasteiger partial charge in [-0.05, 0) is 23.3 Å². The van der Waals surface area contributed by atoms with Gasteiger partial charge in [0.25, 0.3) is 10.0 Å². The van der Waals surface area contributed by atoms with Crippen molar-refractivity contribution in [2.24, 2.45) is 0 Å². The average Bonchev–Trinajstić information content (AvgIpc) is 2.46. The summed E-state index contributed by atoms with van der Waals surface area (Å²) in [6.07, 6.45) is 1.21. The summed E-state index contributed by atoms with van der Waals surface area (Å²) in [6.45, 7) is -0.137. The van der Waals surface area contributed by atoms with Crippen LogP contribution >= 0.6 is 0 Å². The van der Waals surface area contributed by atoms with E-state index in [1.807, 2.05) is 0 Å². The van der Waals surface area contributed by atoms with Crippen LogP contribution in [0.25, 0.3) is 0 Å². The fraction of sp³-hybridized carbons (Fsp3) is 0.154. The van der Waals surface area contributed by atoms with E-state index in [0.717, 1.165) is 6.07 Å². The van der Waals surface area contributed by atoms with Gasteiger partial charge in [-0.25, -0.2) is 22.5 Å². The summed E-state index contributed by atoms with van der Waals surface area (Å²) in [5.74, 6) is -0.899. The third-order valence-corrected chi connectivity index (χ3v) is 3.95.